The summed E-state index contributed by atoms with van der Waals surface area (Å²) >= 11 is 0. The average Bonchev–Trinajstić information content (AvgIpc) is 3.21. The highest BCUT2D eigenvalue weighted by atomic mass is 14.9. The fraction of sp³-hybridized carbons (Fsp3) is 0.231. The molecule has 4 aromatic rings. The minimum Gasteiger partial charge on any atom is -0.337 e. The molecular weight excluding hydrogens is 354 g/mol. The molecule has 4 rings (SSSR count). The van der Waals surface area contributed by atoms with E-state index >= 15 is 0 Å². The summed E-state index contributed by atoms with van der Waals surface area (Å²) in [6.07, 6.45) is 6.79. The van der Waals surface area contributed by atoms with Crippen LogP contribution in [0.1, 0.15) is 38.4 Å². The summed E-state index contributed by atoms with van der Waals surface area (Å²) in [5.74, 6) is 0.816. The van der Waals surface area contributed by atoms with Crippen LogP contribution in [0.2, 0.25) is 0 Å². The van der Waals surface area contributed by atoms with Crippen LogP contribution < -0.4 is 0 Å². The van der Waals surface area contributed by atoms with Gasteiger partial charge >= 0.3 is 0 Å². The standard InChI is InChI=1S/C26H27N3/c1-2-3-4-11-18-27-19-24-28-25-22(20-12-7-5-8-13-20)16-17-23(26(25)29-24)21-14-9-6-10-15-21/h5-10,12-17,19H,2-4,11,18H2,1H3,(H,28,29). The van der Waals surface area contributed by atoms with Crippen molar-refractivity contribution in [1.29, 1.82) is 0 Å². The third-order valence-electron chi connectivity index (χ3n) is 5.19. The van der Waals surface area contributed by atoms with Crippen LogP contribution in [0.5, 0.6) is 0 Å². The van der Waals surface area contributed by atoms with Crippen LogP contribution in [0.3, 0.4) is 0 Å². The maximum atomic E-state index is 4.90. The molecule has 0 aliphatic carbocycles. The number of hydrogen-bond donors (Lipinski definition) is 1. The van der Waals surface area contributed by atoms with Crippen molar-refractivity contribution in [2.24, 2.45) is 4.99 Å². The first kappa shape index (κ1) is 19.1. The van der Waals surface area contributed by atoms with Gasteiger partial charge in [0.1, 0.15) is 5.82 Å². The molecule has 0 bridgehead atoms. The minimum atomic E-state index is 0.816. The monoisotopic (exact) mass is 381 g/mol. The number of nitrogens with one attached hydrogen (secondary N) is 1. The number of nitrogens with zero attached hydrogens (tertiary/aromatic N) is 2. The Morgan fingerprint density at radius 1 is 0.793 bits per heavy atom. The van der Waals surface area contributed by atoms with Gasteiger partial charge < -0.3 is 4.98 Å². The van der Waals surface area contributed by atoms with E-state index in [-0.39, 0.29) is 0 Å². The number of imidazole rings is 1. The fourth-order valence-corrected chi connectivity index (χ4v) is 3.66. The largest absolute Gasteiger partial charge is 0.337 e. The summed E-state index contributed by atoms with van der Waals surface area (Å²) in [6, 6.07) is 25.3. The topological polar surface area (TPSA) is 41.0 Å². The Kier molecular flexibility index (Phi) is 6.16. The van der Waals surface area contributed by atoms with Gasteiger partial charge in [-0.05, 0) is 17.5 Å². The lowest BCUT2D eigenvalue weighted by Gasteiger charge is -2.07. The predicted molar refractivity (Wildman–Crippen MR) is 124 cm³/mol. The Morgan fingerprint density at radius 2 is 1.45 bits per heavy atom. The van der Waals surface area contributed by atoms with Crippen molar-refractivity contribution in [3.05, 3.63) is 78.6 Å². The van der Waals surface area contributed by atoms with Crippen molar-refractivity contribution in [3.63, 3.8) is 0 Å². The second-order valence-corrected chi connectivity index (χ2v) is 7.33. The number of hydrogen-bond acceptors (Lipinski definition) is 2. The van der Waals surface area contributed by atoms with Gasteiger partial charge in [-0.2, -0.15) is 0 Å². The number of aliphatic imine (C=N–C) groups is 1. The van der Waals surface area contributed by atoms with Gasteiger partial charge in [-0.3, -0.25) is 4.99 Å². The van der Waals surface area contributed by atoms with Gasteiger partial charge in [0.05, 0.1) is 17.2 Å². The summed E-state index contributed by atoms with van der Waals surface area (Å²) in [5.41, 5.74) is 6.71. The van der Waals surface area contributed by atoms with Crippen molar-refractivity contribution in [3.8, 4) is 22.3 Å². The van der Waals surface area contributed by atoms with Crippen LogP contribution >= 0.6 is 0 Å². The Labute approximate surface area is 172 Å². The van der Waals surface area contributed by atoms with Gasteiger partial charge in [0.2, 0.25) is 0 Å². The van der Waals surface area contributed by atoms with E-state index in [4.69, 9.17) is 4.98 Å². The third-order valence-corrected chi connectivity index (χ3v) is 5.19. The van der Waals surface area contributed by atoms with E-state index < -0.39 is 0 Å². The summed E-state index contributed by atoms with van der Waals surface area (Å²) in [6.45, 7) is 3.08. The van der Waals surface area contributed by atoms with E-state index in [1.165, 1.54) is 30.4 Å². The maximum Gasteiger partial charge on any atom is 0.149 e. The number of H-pyrrole nitrogens is 1. The van der Waals surface area contributed by atoms with Crippen molar-refractivity contribution < 1.29 is 0 Å². The number of unbranched alkanes of at least 4 members (excludes halogenated alkanes) is 3. The van der Waals surface area contributed by atoms with Gasteiger partial charge in [0.25, 0.3) is 0 Å². The lowest BCUT2D eigenvalue weighted by molar-refractivity contribution is 0.676. The molecule has 3 heteroatoms. The molecule has 0 saturated heterocycles. The van der Waals surface area contributed by atoms with Crippen LogP contribution in [-0.4, -0.2) is 22.7 Å². The Balaban J connectivity index is 1.73. The molecule has 0 saturated carbocycles. The molecule has 0 spiro atoms. The number of aromatic nitrogens is 2. The number of aromatic amines is 1. The van der Waals surface area contributed by atoms with E-state index in [9.17, 15) is 0 Å². The minimum absolute atomic E-state index is 0.816. The molecule has 0 unspecified atom stereocenters. The fourth-order valence-electron chi connectivity index (χ4n) is 3.66. The van der Waals surface area contributed by atoms with Crippen LogP contribution in [0.25, 0.3) is 33.3 Å². The molecular formula is C26H27N3. The zero-order valence-electron chi connectivity index (χ0n) is 16.9. The molecule has 0 aliphatic rings. The van der Waals surface area contributed by atoms with Crippen LogP contribution in [0, 0.1) is 0 Å². The molecule has 3 aromatic carbocycles. The second-order valence-electron chi connectivity index (χ2n) is 7.33. The normalized spacial score (nSPS) is 11.5. The van der Waals surface area contributed by atoms with Crippen LogP contribution in [0.4, 0.5) is 0 Å². The van der Waals surface area contributed by atoms with Crippen molar-refractivity contribution in [2.75, 3.05) is 6.54 Å². The van der Waals surface area contributed by atoms with Crippen LogP contribution in [0.15, 0.2) is 77.8 Å². The number of fused-ring (bicyclic) bond motifs is 1. The lowest BCUT2D eigenvalue weighted by Crippen LogP contribution is -1.87. The summed E-state index contributed by atoms with van der Waals surface area (Å²) in [5, 5.41) is 0. The summed E-state index contributed by atoms with van der Waals surface area (Å²) < 4.78 is 0. The van der Waals surface area contributed by atoms with E-state index in [1.54, 1.807) is 0 Å². The molecule has 0 aliphatic heterocycles. The van der Waals surface area contributed by atoms with Gasteiger partial charge in [0, 0.05) is 17.7 Å². The summed E-state index contributed by atoms with van der Waals surface area (Å²) in [7, 11) is 0. The van der Waals surface area contributed by atoms with Crippen LogP contribution in [-0.2, 0) is 0 Å². The molecule has 146 valence electrons. The van der Waals surface area contributed by atoms with Crippen molar-refractivity contribution in [1.82, 2.24) is 9.97 Å². The Bertz CT molecular complexity index is 1000. The van der Waals surface area contributed by atoms with Crippen molar-refractivity contribution >= 4 is 17.2 Å². The third kappa shape index (κ3) is 4.45. The first-order valence-corrected chi connectivity index (χ1v) is 10.5. The molecule has 0 radical (unpaired) electrons. The van der Waals surface area contributed by atoms with Gasteiger partial charge in [0.15, 0.2) is 0 Å². The molecule has 1 aromatic heterocycles. The van der Waals surface area contributed by atoms with E-state index in [2.05, 4.69) is 77.6 Å². The van der Waals surface area contributed by atoms with E-state index in [0.717, 1.165) is 41.0 Å². The second kappa shape index (κ2) is 9.33. The zero-order chi connectivity index (χ0) is 19.9. The number of benzene rings is 3. The molecule has 29 heavy (non-hydrogen) atoms. The molecule has 3 nitrogen and oxygen atoms in total. The smallest absolute Gasteiger partial charge is 0.149 e. The first-order chi connectivity index (χ1) is 14.4. The van der Waals surface area contributed by atoms with Gasteiger partial charge in [-0.1, -0.05) is 99.0 Å². The van der Waals surface area contributed by atoms with E-state index in [1.807, 2.05) is 18.3 Å². The highest BCUT2D eigenvalue weighted by molar-refractivity contribution is 6.02. The van der Waals surface area contributed by atoms with Gasteiger partial charge in [-0.15, -0.1) is 0 Å². The molecule has 1 heterocycles. The SMILES string of the molecule is CCCCCCN=Cc1nc2c(-c3ccccc3)ccc(-c3ccccc3)c2[nH]1. The lowest BCUT2D eigenvalue weighted by atomic mass is 9.98. The molecule has 1 N–H and O–H groups in total. The highest BCUT2D eigenvalue weighted by Crippen LogP contribution is 2.34. The van der Waals surface area contributed by atoms with E-state index in [0.29, 0.717) is 0 Å². The summed E-state index contributed by atoms with van der Waals surface area (Å²) in [4.78, 5) is 13.0. The Morgan fingerprint density at radius 3 is 2.14 bits per heavy atom. The Hall–Kier alpha value is -3.20. The molecule has 0 fully saturated rings. The molecule has 0 amide bonds. The van der Waals surface area contributed by atoms with Crippen molar-refractivity contribution in [2.45, 2.75) is 32.6 Å². The average molecular weight is 382 g/mol. The highest BCUT2D eigenvalue weighted by Gasteiger charge is 2.13. The maximum absolute atomic E-state index is 4.90. The number of rotatable bonds is 8. The molecule has 0 atom stereocenters. The predicted octanol–water partition coefficient (Wildman–Crippen LogP) is 6.90. The quantitative estimate of drug-likeness (QED) is 0.262. The van der Waals surface area contributed by atoms with Gasteiger partial charge in [-0.25, -0.2) is 4.98 Å². The zero-order valence-corrected chi connectivity index (χ0v) is 16.9. The first-order valence-electron chi connectivity index (χ1n) is 10.5.